The van der Waals surface area contributed by atoms with E-state index in [9.17, 15) is 15.0 Å². The largest absolute Gasteiger partial charge is 0.394 e. The number of nitrogens with zero attached hydrogens (tertiary/aromatic N) is 1. The van der Waals surface area contributed by atoms with Crippen molar-refractivity contribution < 1.29 is 19.7 Å². The number of benzene rings is 2. The van der Waals surface area contributed by atoms with Crippen molar-refractivity contribution in [3.8, 4) is 0 Å². The van der Waals surface area contributed by atoms with Crippen molar-refractivity contribution in [3.63, 3.8) is 0 Å². The van der Waals surface area contributed by atoms with E-state index in [4.69, 9.17) is 4.74 Å². The van der Waals surface area contributed by atoms with Crippen LogP contribution in [-0.2, 0) is 11.2 Å². The van der Waals surface area contributed by atoms with Crippen LogP contribution in [0.3, 0.4) is 0 Å². The predicted molar refractivity (Wildman–Crippen MR) is 112 cm³/mol. The summed E-state index contributed by atoms with van der Waals surface area (Å²) < 4.78 is 5.83. The lowest BCUT2D eigenvalue weighted by Gasteiger charge is -2.30. The lowest BCUT2D eigenvalue weighted by molar-refractivity contribution is -0.0205. The molecule has 2 aromatic carbocycles. The molecule has 1 saturated heterocycles. The van der Waals surface area contributed by atoms with Gasteiger partial charge in [-0.25, -0.2) is 4.79 Å². The molecule has 4 atom stereocenters. The maximum Gasteiger partial charge on any atom is 0.319 e. The summed E-state index contributed by atoms with van der Waals surface area (Å²) in [6.07, 6.45) is -1.09. The van der Waals surface area contributed by atoms with E-state index in [1.165, 1.54) is 5.56 Å². The van der Waals surface area contributed by atoms with Crippen LogP contribution in [0.4, 0.5) is 10.5 Å². The molecule has 29 heavy (non-hydrogen) atoms. The Morgan fingerprint density at radius 1 is 1.07 bits per heavy atom. The van der Waals surface area contributed by atoms with E-state index < -0.39 is 18.3 Å². The molecule has 0 aromatic heterocycles. The van der Waals surface area contributed by atoms with Crippen LogP contribution in [0, 0.1) is 0 Å². The molecule has 156 valence electrons. The second-order valence-electron chi connectivity index (χ2n) is 7.29. The third-order valence-electron chi connectivity index (χ3n) is 5.24. The summed E-state index contributed by atoms with van der Waals surface area (Å²) in [6.45, 7) is 0.684. The Morgan fingerprint density at radius 2 is 1.72 bits per heavy atom. The lowest BCUT2D eigenvalue weighted by Crippen LogP contribution is -2.50. The molecule has 0 radical (unpaired) electrons. The van der Waals surface area contributed by atoms with Crippen molar-refractivity contribution in [1.82, 2.24) is 10.2 Å². The van der Waals surface area contributed by atoms with E-state index in [-0.39, 0.29) is 25.2 Å². The van der Waals surface area contributed by atoms with Gasteiger partial charge in [0.15, 0.2) is 0 Å². The van der Waals surface area contributed by atoms with E-state index in [2.05, 4.69) is 22.8 Å². The average Bonchev–Trinajstić information content (AvgIpc) is 3.07. The topological polar surface area (TPSA) is 94.1 Å². The molecule has 0 saturated carbocycles. The number of hydrogen-bond donors (Lipinski definition) is 4. The van der Waals surface area contributed by atoms with Crippen molar-refractivity contribution in [2.24, 2.45) is 0 Å². The van der Waals surface area contributed by atoms with Crippen LogP contribution in [0.2, 0.25) is 0 Å². The van der Waals surface area contributed by atoms with Crippen LogP contribution in [0.25, 0.3) is 0 Å². The maximum absolute atomic E-state index is 12.2. The first kappa shape index (κ1) is 21.3. The Bertz CT molecular complexity index is 759. The van der Waals surface area contributed by atoms with Gasteiger partial charge in [0.2, 0.25) is 0 Å². The molecule has 1 aliphatic heterocycles. The van der Waals surface area contributed by atoms with E-state index in [0.717, 1.165) is 13.0 Å². The molecule has 0 aliphatic carbocycles. The summed E-state index contributed by atoms with van der Waals surface area (Å²) in [5, 5.41) is 25.7. The Morgan fingerprint density at radius 3 is 2.38 bits per heavy atom. The number of ether oxygens (including phenoxy) is 1. The summed E-state index contributed by atoms with van der Waals surface area (Å²) in [7, 11) is 1.93. The van der Waals surface area contributed by atoms with Gasteiger partial charge in [-0.3, -0.25) is 4.90 Å². The number of urea groups is 1. The Balaban J connectivity index is 1.57. The van der Waals surface area contributed by atoms with Gasteiger partial charge in [-0.1, -0.05) is 48.5 Å². The monoisotopic (exact) mass is 399 g/mol. The molecule has 7 heteroatoms. The lowest BCUT2D eigenvalue weighted by atomic mass is 10.0. The first-order valence-electron chi connectivity index (χ1n) is 9.87. The average molecular weight is 399 g/mol. The molecule has 0 unspecified atom stereocenters. The number of nitrogens with one attached hydrogen (secondary N) is 2. The number of carbonyl (C=O) groups excluding carboxylic acids is 1. The van der Waals surface area contributed by atoms with E-state index in [1.807, 2.05) is 48.3 Å². The zero-order valence-corrected chi connectivity index (χ0v) is 16.6. The van der Waals surface area contributed by atoms with Crippen molar-refractivity contribution in [1.29, 1.82) is 0 Å². The van der Waals surface area contributed by atoms with Crippen LogP contribution in [0.1, 0.15) is 5.56 Å². The highest BCUT2D eigenvalue weighted by Gasteiger charge is 2.45. The first-order valence-corrected chi connectivity index (χ1v) is 9.87. The van der Waals surface area contributed by atoms with Crippen LogP contribution < -0.4 is 10.6 Å². The quantitative estimate of drug-likeness (QED) is 0.539. The summed E-state index contributed by atoms with van der Waals surface area (Å²) in [5.74, 6) is 0. The molecule has 1 heterocycles. The summed E-state index contributed by atoms with van der Waals surface area (Å²) in [4.78, 5) is 14.2. The van der Waals surface area contributed by atoms with Gasteiger partial charge in [0.25, 0.3) is 0 Å². The van der Waals surface area contributed by atoms with Crippen molar-refractivity contribution in [3.05, 3.63) is 66.2 Å². The third-order valence-corrected chi connectivity index (χ3v) is 5.24. The highest BCUT2D eigenvalue weighted by Crippen LogP contribution is 2.25. The van der Waals surface area contributed by atoms with Crippen LogP contribution in [0.15, 0.2) is 60.7 Å². The normalized spacial score (nSPS) is 23.9. The Kier molecular flexibility index (Phi) is 7.60. The molecular weight excluding hydrogens is 370 g/mol. The third kappa shape index (κ3) is 5.77. The molecule has 3 rings (SSSR count). The number of aliphatic hydroxyl groups excluding tert-OH is 2. The van der Waals surface area contributed by atoms with Gasteiger partial charge in [0.1, 0.15) is 12.2 Å². The highest BCUT2D eigenvalue weighted by molar-refractivity contribution is 5.89. The van der Waals surface area contributed by atoms with Gasteiger partial charge in [-0.15, -0.1) is 0 Å². The molecule has 1 fully saturated rings. The second kappa shape index (κ2) is 10.4. The number of carbonyl (C=O) groups is 1. The number of para-hydroxylation sites is 1. The minimum absolute atomic E-state index is 0.229. The summed E-state index contributed by atoms with van der Waals surface area (Å²) in [6, 6.07) is 18.6. The number of rotatable bonds is 8. The predicted octanol–water partition coefficient (Wildman–Crippen LogP) is 1.47. The van der Waals surface area contributed by atoms with Crippen LogP contribution in [-0.4, -0.2) is 72.2 Å². The van der Waals surface area contributed by atoms with Crippen LogP contribution in [0.5, 0.6) is 0 Å². The Hall–Kier alpha value is -2.45. The molecule has 1 aliphatic rings. The van der Waals surface area contributed by atoms with Crippen LogP contribution >= 0.6 is 0 Å². The zero-order chi connectivity index (χ0) is 20.6. The smallest absolute Gasteiger partial charge is 0.319 e. The van der Waals surface area contributed by atoms with Gasteiger partial charge in [-0.2, -0.15) is 0 Å². The number of amides is 2. The van der Waals surface area contributed by atoms with E-state index in [1.54, 1.807) is 12.1 Å². The second-order valence-corrected chi connectivity index (χ2v) is 7.29. The number of hydrogen-bond acceptors (Lipinski definition) is 5. The highest BCUT2D eigenvalue weighted by atomic mass is 16.5. The molecule has 0 bridgehead atoms. The standard InChI is InChI=1S/C22H29N3O4/c1-25(13-12-16-8-4-2-5-9-16)20-18(29-19(15-26)21(20)27)14-23-22(28)24-17-10-6-3-7-11-17/h2-11,18-21,26-27H,12-15H2,1H3,(H2,23,24,28)/t18-,19+,20-,21-/m1/s1. The van der Waals surface area contributed by atoms with Gasteiger partial charge < -0.3 is 25.6 Å². The van der Waals surface area contributed by atoms with Crippen molar-refractivity contribution >= 4 is 11.7 Å². The minimum Gasteiger partial charge on any atom is -0.394 e. The minimum atomic E-state index is -0.829. The van der Waals surface area contributed by atoms with Gasteiger partial charge in [-0.05, 0) is 31.2 Å². The molecule has 2 amide bonds. The number of anilines is 1. The van der Waals surface area contributed by atoms with E-state index >= 15 is 0 Å². The van der Waals surface area contributed by atoms with Crippen molar-refractivity contribution in [2.45, 2.75) is 30.8 Å². The molecule has 0 spiro atoms. The fraction of sp³-hybridized carbons (Fsp3) is 0.409. The SMILES string of the molecule is CN(CCc1ccccc1)[C@H]1[C@H](O)[C@H](CO)O[C@@H]1CNC(=O)Nc1ccccc1. The van der Waals surface area contributed by atoms with E-state index in [0.29, 0.717) is 5.69 Å². The molecule has 7 nitrogen and oxygen atoms in total. The summed E-state index contributed by atoms with van der Waals surface area (Å²) >= 11 is 0. The van der Waals surface area contributed by atoms with Crippen molar-refractivity contribution in [2.75, 3.05) is 32.1 Å². The fourth-order valence-electron chi connectivity index (χ4n) is 3.68. The zero-order valence-electron chi connectivity index (χ0n) is 16.6. The Labute approximate surface area is 171 Å². The first-order chi connectivity index (χ1) is 14.1. The maximum atomic E-state index is 12.2. The van der Waals surface area contributed by atoms with Gasteiger partial charge >= 0.3 is 6.03 Å². The number of likely N-dealkylation sites (N-methyl/N-ethyl adjacent to an activating group) is 1. The molecule has 2 aromatic rings. The fourth-order valence-corrected chi connectivity index (χ4v) is 3.68. The molecular formula is C22H29N3O4. The van der Waals surface area contributed by atoms with Gasteiger partial charge in [0, 0.05) is 18.8 Å². The van der Waals surface area contributed by atoms with Gasteiger partial charge in [0.05, 0.1) is 18.8 Å². The molecule has 4 N–H and O–H groups in total. The summed E-state index contributed by atoms with van der Waals surface area (Å²) in [5.41, 5.74) is 1.91. The number of aliphatic hydroxyl groups is 2.